The van der Waals surface area contributed by atoms with Crippen LogP contribution in [0.2, 0.25) is 0 Å². The average Bonchev–Trinajstić information content (AvgIpc) is 2.26. The SMILES string of the molecule is N#Cc1cccc(CNS(=O)(=O)C(F)F)c1. The molecule has 0 unspecified atom stereocenters. The summed E-state index contributed by atoms with van der Waals surface area (Å²) < 4.78 is 47.1. The quantitative estimate of drug-likeness (QED) is 0.867. The summed E-state index contributed by atoms with van der Waals surface area (Å²) in [5.41, 5.74) is 0.789. The fourth-order valence-electron chi connectivity index (χ4n) is 0.998. The van der Waals surface area contributed by atoms with Gasteiger partial charge >= 0.3 is 5.76 Å². The minimum atomic E-state index is -4.58. The van der Waals surface area contributed by atoms with E-state index in [1.807, 2.05) is 6.07 Å². The molecular weight excluding hydrogens is 238 g/mol. The molecule has 86 valence electrons. The number of nitrogens with zero attached hydrogens (tertiary/aromatic N) is 1. The first-order valence-electron chi connectivity index (χ1n) is 4.21. The molecule has 0 heterocycles. The van der Waals surface area contributed by atoms with Crippen molar-refractivity contribution >= 4 is 10.0 Å². The number of benzene rings is 1. The second-order valence-electron chi connectivity index (χ2n) is 2.94. The topological polar surface area (TPSA) is 70.0 Å². The maximum absolute atomic E-state index is 12.0. The van der Waals surface area contributed by atoms with E-state index >= 15 is 0 Å². The van der Waals surface area contributed by atoms with Crippen molar-refractivity contribution in [2.45, 2.75) is 12.3 Å². The van der Waals surface area contributed by atoms with Gasteiger partial charge in [0, 0.05) is 6.54 Å². The highest BCUT2D eigenvalue weighted by atomic mass is 32.2. The van der Waals surface area contributed by atoms with Crippen LogP contribution in [0, 0.1) is 11.3 Å². The minimum Gasteiger partial charge on any atom is -0.206 e. The highest BCUT2D eigenvalue weighted by Gasteiger charge is 2.22. The van der Waals surface area contributed by atoms with Gasteiger partial charge in [-0.1, -0.05) is 12.1 Å². The summed E-state index contributed by atoms with van der Waals surface area (Å²) in [6.45, 7) is -0.262. The summed E-state index contributed by atoms with van der Waals surface area (Å²) in [5.74, 6) is -3.45. The zero-order valence-corrected chi connectivity index (χ0v) is 8.84. The summed E-state index contributed by atoms with van der Waals surface area (Å²) in [6.07, 6.45) is 0. The van der Waals surface area contributed by atoms with Crippen molar-refractivity contribution in [2.75, 3.05) is 0 Å². The summed E-state index contributed by atoms with van der Waals surface area (Å²) in [5, 5.41) is 8.57. The van der Waals surface area contributed by atoms with Gasteiger partial charge in [-0.3, -0.25) is 0 Å². The van der Waals surface area contributed by atoms with Crippen LogP contribution in [-0.4, -0.2) is 14.2 Å². The van der Waals surface area contributed by atoms with Crippen LogP contribution in [-0.2, 0) is 16.6 Å². The molecule has 0 spiro atoms. The number of sulfonamides is 1. The number of nitriles is 1. The fourth-order valence-corrected chi connectivity index (χ4v) is 1.49. The van der Waals surface area contributed by atoms with Crippen molar-refractivity contribution in [1.29, 1.82) is 5.26 Å². The maximum atomic E-state index is 12.0. The van der Waals surface area contributed by atoms with Crippen LogP contribution in [0.3, 0.4) is 0 Å². The Morgan fingerprint density at radius 2 is 2.12 bits per heavy atom. The largest absolute Gasteiger partial charge is 0.350 e. The van der Waals surface area contributed by atoms with Gasteiger partial charge in [0.1, 0.15) is 0 Å². The zero-order valence-electron chi connectivity index (χ0n) is 8.02. The van der Waals surface area contributed by atoms with Crippen LogP contribution in [0.4, 0.5) is 8.78 Å². The number of rotatable bonds is 4. The molecule has 0 saturated carbocycles. The summed E-state index contributed by atoms with van der Waals surface area (Å²) in [6, 6.07) is 7.90. The lowest BCUT2D eigenvalue weighted by Gasteiger charge is -2.05. The summed E-state index contributed by atoms with van der Waals surface area (Å²) in [7, 11) is -4.58. The predicted molar refractivity (Wildman–Crippen MR) is 52.9 cm³/mol. The minimum absolute atomic E-state index is 0.262. The van der Waals surface area contributed by atoms with E-state index in [-0.39, 0.29) is 6.54 Å². The smallest absolute Gasteiger partial charge is 0.206 e. The van der Waals surface area contributed by atoms with Crippen molar-refractivity contribution < 1.29 is 17.2 Å². The average molecular weight is 246 g/mol. The Hall–Kier alpha value is -1.52. The van der Waals surface area contributed by atoms with Crippen LogP contribution in [0.15, 0.2) is 24.3 Å². The Labute approximate surface area is 91.6 Å². The van der Waals surface area contributed by atoms with Gasteiger partial charge in [0.25, 0.3) is 10.0 Å². The number of hydrogen-bond donors (Lipinski definition) is 1. The number of nitrogens with one attached hydrogen (secondary N) is 1. The lowest BCUT2D eigenvalue weighted by atomic mass is 10.1. The lowest BCUT2D eigenvalue weighted by molar-refractivity contribution is 0.232. The molecule has 1 N–H and O–H groups in total. The molecule has 1 aromatic rings. The second-order valence-corrected chi connectivity index (χ2v) is 4.67. The molecule has 1 rings (SSSR count). The molecule has 0 saturated heterocycles. The van der Waals surface area contributed by atoms with Gasteiger partial charge in [-0.25, -0.2) is 13.1 Å². The molecule has 4 nitrogen and oxygen atoms in total. The molecule has 1 aromatic carbocycles. The Kier molecular flexibility index (Phi) is 3.93. The third kappa shape index (κ3) is 3.25. The zero-order chi connectivity index (χ0) is 12.2. The molecule has 7 heteroatoms. The Morgan fingerprint density at radius 1 is 1.44 bits per heavy atom. The standard InChI is InChI=1S/C9H8F2N2O2S/c10-9(11)16(14,15)13-6-8-3-1-2-7(4-8)5-12/h1-4,9,13H,6H2. The molecule has 0 radical (unpaired) electrons. The van der Waals surface area contributed by atoms with Crippen LogP contribution >= 0.6 is 0 Å². The van der Waals surface area contributed by atoms with E-state index in [0.717, 1.165) is 0 Å². The fraction of sp³-hybridized carbons (Fsp3) is 0.222. The van der Waals surface area contributed by atoms with Crippen molar-refractivity contribution in [3.05, 3.63) is 35.4 Å². The second kappa shape index (κ2) is 5.01. The van der Waals surface area contributed by atoms with Gasteiger partial charge in [0.15, 0.2) is 0 Å². The lowest BCUT2D eigenvalue weighted by Crippen LogP contribution is -2.28. The van der Waals surface area contributed by atoms with Gasteiger partial charge < -0.3 is 0 Å². The number of hydrogen-bond acceptors (Lipinski definition) is 3. The van der Waals surface area contributed by atoms with E-state index in [9.17, 15) is 17.2 Å². The normalized spacial score (nSPS) is 11.4. The van der Waals surface area contributed by atoms with Gasteiger partial charge in [-0.2, -0.15) is 14.0 Å². The molecule has 0 aliphatic carbocycles. The first-order chi connectivity index (χ1) is 7.45. The molecule has 0 aromatic heterocycles. The van der Waals surface area contributed by atoms with E-state index in [1.165, 1.54) is 18.2 Å². The molecule has 0 atom stereocenters. The summed E-state index contributed by atoms with van der Waals surface area (Å²) >= 11 is 0. The van der Waals surface area contributed by atoms with E-state index in [0.29, 0.717) is 11.1 Å². The van der Waals surface area contributed by atoms with Gasteiger partial charge in [0.2, 0.25) is 0 Å². The molecule has 0 bridgehead atoms. The van der Waals surface area contributed by atoms with Crippen LogP contribution < -0.4 is 4.72 Å². The summed E-state index contributed by atoms with van der Waals surface area (Å²) in [4.78, 5) is 0. The number of halogens is 2. The molecule has 0 aliphatic rings. The van der Waals surface area contributed by atoms with Crippen molar-refractivity contribution in [1.82, 2.24) is 4.72 Å². The monoisotopic (exact) mass is 246 g/mol. The third-order valence-corrected chi connectivity index (χ3v) is 2.78. The Bertz CT molecular complexity index is 508. The van der Waals surface area contributed by atoms with E-state index in [2.05, 4.69) is 0 Å². The van der Waals surface area contributed by atoms with Gasteiger partial charge in [-0.05, 0) is 17.7 Å². The van der Waals surface area contributed by atoms with Crippen molar-refractivity contribution in [3.63, 3.8) is 0 Å². The highest BCUT2D eigenvalue weighted by molar-refractivity contribution is 7.89. The molecule has 16 heavy (non-hydrogen) atoms. The van der Waals surface area contributed by atoms with E-state index in [1.54, 1.807) is 10.8 Å². The third-order valence-electron chi connectivity index (χ3n) is 1.77. The Morgan fingerprint density at radius 3 is 2.69 bits per heavy atom. The molecule has 0 fully saturated rings. The van der Waals surface area contributed by atoms with Crippen molar-refractivity contribution in [2.24, 2.45) is 0 Å². The number of alkyl halides is 2. The first kappa shape index (κ1) is 12.5. The Balaban J connectivity index is 2.73. The maximum Gasteiger partial charge on any atom is 0.350 e. The van der Waals surface area contributed by atoms with Crippen LogP contribution in [0.5, 0.6) is 0 Å². The van der Waals surface area contributed by atoms with E-state index < -0.39 is 15.8 Å². The van der Waals surface area contributed by atoms with Crippen LogP contribution in [0.25, 0.3) is 0 Å². The molecular formula is C9H8F2N2O2S. The predicted octanol–water partition coefficient (Wildman–Crippen LogP) is 1.20. The molecule has 0 amide bonds. The van der Waals surface area contributed by atoms with Crippen molar-refractivity contribution in [3.8, 4) is 6.07 Å². The molecule has 0 aliphatic heterocycles. The van der Waals surface area contributed by atoms with E-state index in [4.69, 9.17) is 5.26 Å². The van der Waals surface area contributed by atoms with Crippen LogP contribution in [0.1, 0.15) is 11.1 Å². The van der Waals surface area contributed by atoms with Gasteiger partial charge in [0.05, 0.1) is 11.6 Å². The van der Waals surface area contributed by atoms with Gasteiger partial charge in [-0.15, -0.1) is 0 Å². The first-order valence-corrected chi connectivity index (χ1v) is 5.76. The highest BCUT2D eigenvalue weighted by Crippen LogP contribution is 2.06.